The fourth-order valence-electron chi connectivity index (χ4n) is 2.00. The summed E-state index contributed by atoms with van der Waals surface area (Å²) in [5, 5.41) is 2.70. The molecule has 0 unspecified atom stereocenters. The van der Waals surface area contributed by atoms with E-state index < -0.39 is 10.0 Å². The zero-order chi connectivity index (χ0) is 17.6. The number of hydrogen-bond acceptors (Lipinski definition) is 4. The normalized spacial score (nSPS) is 11.1. The van der Waals surface area contributed by atoms with Gasteiger partial charge in [0, 0.05) is 18.7 Å². The highest BCUT2D eigenvalue weighted by molar-refractivity contribution is 7.89. The molecule has 6 nitrogen and oxygen atoms in total. The van der Waals surface area contributed by atoms with Gasteiger partial charge in [-0.05, 0) is 43.3 Å². The molecule has 7 heteroatoms. The molecule has 1 amide bonds. The van der Waals surface area contributed by atoms with Crippen molar-refractivity contribution in [2.75, 3.05) is 19.0 Å². The smallest absolute Gasteiger partial charge is 0.240 e. The van der Waals surface area contributed by atoms with Crippen LogP contribution in [0, 0.1) is 6.92 Å². The Morgan fingerprint density at radius 2 is 1.67 bits per heavy atom. The van der Waals surface area contributed by atoms with E-state index in [4.69, 9.17) is 4.74 Å². The van der Waals surface area contributed by atoms with Crippen LogP contribution in [0.3, 0.4) is 0 Å². The van der Waals surface area contributed by atoms with Crippen molar-refractivity contribution in [3.8, 4) is 5.75 Å². The first kappa shape index (κ1) is 18.0. The quantitative estimate of drug-likeness (QED) is 0.804. The summed E-state index contributed by atoms with van der Waals surface area (Å²) in [5.74, 6) is 0.422. The van der Waals surface area contributed by atoms with E-state index in [1.807, 2.05) is 6.92 Å². The van der Waals surface area contributed by atoms with Gasteiger partial charge in [-0.25, -0.2) is 13.1 Å². The van der Waals surface area contributed by atoms with Crippen LogP contribution in [0.5, 0.6) is 5.75 Å². The van der Waals surface area contributed by atoms with Crippen LogP contribution < -0.4 is 14.8 Å². The van der Waals surface area contributed by atoms with Gasteiger partial charge in [-0.15, -0.1) is 0 Å². The number of rotatable bonds is 7. The third-order valence-corrected chi connectivity index (χ3v) is 4.83. The second-order valence-electron chi connectivity index (χ2n) is 5.24. The van der Waals surface area contributed by atoms with Gasteiger partial charge in [-0.2, -0.15) is 0 Å². The Bertz CT molecular complexity index is 784. The molecule has 128 valence electrons. The number of sulfonamides is 1. The van der Waals surface area contributed by atoms with Crippen LogP contribution in [0.2, 0.25) is 0 Å². The molecule has 0 saturated carbocycles. The van der Waals surface area contributed by atoms with E-state index in [0.29, 0.717) is 11.4 Å². The molecule has 0 aliphatic heterocycles. The number of ether oxygens (including phenoxy) is 1. The summed E-state index contributed by atoms with van der Waals surface area (Å²) in [6.45, 7) is 1.91. The zero-order valence-electron chi connectivity index (χ0n) is 13.6. The van der Waals surface area contributed by atoms with Crippen LogP contribution in [0.15, 0.2) is 53.4 Å². The number of anilines is 1. The second kappa shape index (κ2) is 7.94. The summed E-state index contributed by atoms with van der Waals surface area (Å²) in [7, 11) is -2.04. The SMILES string of the molecule is COc1ccc(NC(=O)CCNS(=O)(=O)c2ccc(C)cc2)cc1. The van der Waals surface area contributed by atoms with Crippen molar-refractivity contribution in [1.82, 2.24) is 4.72 Å². The molecule has 0 aliphatic rings. The minimum Gasteiger partial charge on any atom is -0.497 e. The summed E-state index contributed by atoms with van der Waals surface area (Å²) in [6.07, 6.45) is 0.0388. The molecule has 0 aromatic heterocycles. The van der Waals surface area contributed by atoms with Crippen molar-refractivity contribution < 1.29 is 17.9 Å². The lowest BCUT2D eigenvalue weighted by Gasteiger charge is -2.08. The lowest BCUT2D eigenvalue weighted by Crippen LogP contribution is -2.27. The van der Waals surface area contributed by atoms with Gasteiger partial charge in [0.1, 0.15) is 5.75 Å². The van der Waals surface area contributed by atoms with Crippen molar-refractivity contribution >= 4 is 21.6 Å². The predicted molar refractivity (Wildman–Crippen MR) is 92.6 cm³/mol. The molecule has 2 N–H and O–H groups in total. The number of carbonyl (C=O) groups excluding carboxylic acids is 1. The average molecular weight is 348 g/mol. The highest BCUT2D eigenvalue weighted by Gasteiger charge is 2.13. The number of carbonyl (C=O) groups is 1. The average Bonchev–Trinajstić information content (AvgIpc) is 2.56. The molecule has 2 rings (SSSR count). The number of hydrogen-bond donors (Lipinski definition) is 2. The number of nitrogens with one attached hydrogen (secondary N) is 2. The third-order valence-electron chi connectivity index (χ3n) is 3.35. The van der Waals surface area contributed by atoms with E-state index in [0.717, 1.165) is 5.56 Å². The Labute approximate surface area is 141 Å². The van der Waals surface area contributed by atoms with Gasteiger partial charge in [0.05, 0.1) is 12.0 Å². The molecule has 0 aliphatic carbocycles. The van der Waals surface area contributed by atoms with Crippen molar-refractivity contribution in [1.29, 1.82) is 0 Å². The largest absolute Gasteiger partial charge is 0.497 e. The standard InChI is InChI=1S/C17H20N2O4S/c1-13-3-9-16(10-4-13)24(21,22)18-12-11-17(20)19-14-5-7-15(23-2)8-6-14/h3-10,18H,11-12H2,1-2H3,(H,19,20). The van der Waals surface area contributed by atoms with E-state index in [2.05, 4.69) is 10.0 Å². The number of benzene rings is 2. The van der Waals surface area contributed by atoms with Gasteiger partial charge < -0.3 is 10.1 Å². The minimum atomic E-state index is -3.60. The van der Waals surface area contributed by atoms with Gasteiger partial charge in [0.15, 0.2) is 0 Å². The Morgan fingerprint density at radius 1 is 1.04 bits per heavy atom. The maximum atomic E-state index is 12.1. The maximum absolute atomic E-state index is 12.1. The van der Waals surface area contributed by atoms with Crippen LogP contribution in [-0.4, -0.2) is 28.0 Å². The maximum Gasteiger partial charge on any atom is 0.240 e. The summed E-state index contributed by atoms with van der Waals surface area (Å²) >= 11 is 0. The Hall–Kier alpha value is -2.38. The topological polar surface area (TPSA) is 84.5 Å². The van der Waals surface area contributed by atoms with E-state index >= 15 is 0 Å². The van der Waals surface area contributed by atoms with E-state index in [-0.39, 0.29) is 23.8 Å². The Kier molecular flexibility index (Phi) is 5.94. The third kappa shape index (κ3) is 5.07. The molecule has 0 bridgehead atoms. The molecule has 2 aromatic carbocycles. The fraction of sp³-hybridized carbons (Fsp3) is 0.235. The van der Waals surface area contributed by atoms with Crippen LogP contribution in [0.25, 0.3) is 0 Å². The molecule has 0 saturated heterocycles. The van der Waals surface area contributed by atoms with Gasteiger partial charge in [-0.1, -0.05) is 17.7 Å². The lowest BCUT2D eigenvalue weighted by atomic mass is 10.2. The van der Waals surface area contributed by atoms with Crippen molar-refractivity contribution in [2.24, 2.45) is 0 Å². The van der Waals surface area contributed by atoms with Crippen LogP contribution >= 0.6 is 0 Å². The van der Waals surface area contributed by atoms with Gasteiger partial charge in [0.2, 0.25) is 15.9 Å². The fourth-order valence-corrected chi connectivity index (χ4v) is 3.03. The first-order valence-electron chi connectivity index (χ1n) is 7.41. The van der Waals surface area contributed by atoms with Crippen molar-refractivity contribution in [2.45, 2.75) is 18.2 Å². The summed E-state index contributed by atoms with van der Waals surface area (Å²) in [5.41, 5.74) is 1.61. The molecule has 0 spiro atoms. The van der Waals surface area contributed by atoms with E-state index in [9.17, 15) is 13.2 Å². The summed E-state index contributed by atoms with van der Waals surface area (Å²) in [6, 6.07) is 13.4. The first-order valence-corrected chi connectivity index (χ1v) is 8.89. The number of methoxy groups -OCH3 is 1. The predicted octanol–water partition coefficient (Wildman–Crippen LogP) is 2.31. The molecule has 0 atom stereocenters. The highest BCUT2D eigenvalue weighted by Crippen LogP contribution is 2.15. The van der Waals surface area contributed by atoms with Gasteiger partial charge >= 0.3 is 0 Å². The Balaban J connectivity index is 1.84. The zero-order valence-corrected chi connectivity index (χ0v) is 14.4. The molecule has 24 heavy (non-hydrogen) atoms. The van der Waals surface area contributed by atoms with Crippen molar-refractivity contribution in [3.63, 3.8) is 0 Å². The molecule has 0 radical (unpaired) electrons. The van der Waals surface area contributed by atoms with Crippen molar-refractivity contribution in [3.05, 3.63) is 54.1 Å². The lowest BCUT2D eigenvalue weighted by molar-refractivity contribution is -0.116. The number of amides is 1. The molecule has 0 fully saturated rings. The molecular weight excluding hydrogens is 328 g/mol. The Morgan fingerprint density at radius 3 is 2.25 bits per heavy atom. The van der Waals surface area contributed by atoms with Crippen LogP contribution in [0.4, 0.5) is 5.69 Å². The van der Waals surface area contributed by atoms with Crippen LogP contribution in [-0.2, 0) is 14.8 Å². The van der Waals surface area contributed by atoms with E-state index in [1.165, 1.54) is 12.1 Å². The first-order chi connectivity index (χ1) is 11.4. The summed E-state index contributed by atoms with van der Waals surface area (Å²) < 4.78 is 31.7. The van der Waals surface area contributed by atoms with Gasteiger partial charge in [-0.3, -0.25) is 4.79 Å². The minimum absolute atomic E-state index is 0.0260. The molecular formula is C17H20N2O4S. The second-order valence-corrected chi connectivity index (χ2v) is 7.00. The van der Waals surface area contributed by atoms with E-state index in [1.54, 1.807) is 43.5 Å². The van der Waals surface area contributed by atoms with Gasteiger partial charge in [0.25, 0.3) is 0 Å². The monoisotopic (exact) mass is 348 g/mol. The molecule has 0 heterocycles. The highest BCUT2D eigenvalue weighted by atomic mass is 32.2. The summed E-state index contributed by atoms with van der Waals surface area (Å²) in [4.78, 5) is 12.0. The number of aryl methyl sites for hydroxylation is 1. The van der Waals surface area contributed by atoms with Crippen LogP contribution in [0.1, 0.15) is 12.0 Å². The molecule has 2 aromatic rings.